The Labute approximate surface area is 89.4 Å². The summed E-state index contributed by atoms with van der Waals surface area (Å²) < 4.78 is 1.73. The van der Waals surface area contributed by atoms with Gasteiger partial charge in [-0.15, -0.1) is 0 Å². The van der Waals surface area contributed by atoms with E-state index in [1.165, 1.54) is 6.33 Å². The van der Waals surface area contributed by atoms with E-state index < -0.39 is 0 Å². The van der Waals surface area contributed by atoms with E-state index in [1.807, 2.05) is 19.3 Å². The van der Waals surface area contributed by atoms with Gasteiger partial charge in [-0.2, -0.15) is 0 Å². The van der Waals surface area contributed by atoms with Crippen LogP contribution in [0, 0.1) is 6.07 Å². The Kier molecular flexibility index (Phi) is 3.28. The van der Waals surface area contributed by atoms with Crippen molar-refractivity contribution in [1.29, 1.82) is 0 Å². The van der Waals surface area contributed by atoms with Gasteiger partial charge in [-0.1, -0.05) is 18.0 Å². The molecule has 2 aromatic rings. The third-order valence-electron chi connectivity index (χ3n) is 1.49. The van der Waals surface area contributed by atoms with Gasteiger partial charge >= 0.3 is 0 Å². The number of nitrogens with zero attached hydrogens (tertiary/aromatic N) is 4. The van der Waals surface area contributed by atoms with Crippen LogP contribution in [0.5, 0.6) is 0 Å². The molecule has 0 saturated carbocycles. The first kappa shape index (κ1) is 10.0. The summed E-state index contributed by atoms with van der Waals surface area (Å²) in [5.41, 5.74) is 1.55. The predicted molar refractivity (Wildman–Crippen MR) is 43.1 cm³/mol. The second-order valence-corrected chi connectivity index (χ2v) is 2.39. The molecule has 0 aliphatic heterocycles. The Hall–Kier alpha value is -1.06. The summed E-state index contributed by atoms with van der Waals surface area (Å²) in [4.78, 5) is 7.80. The van der Waals surface area contributed by atoms with Crippen LogP contribution >= 0.6 is 0 Å². The Bertz CT molecular complexity index is 371. The van der Waals surface area contributed by atoms with Crippen LogP contribution in [0.25, 0.3) is 11.4 Å². The van der Waals surface area contributed by atoms with Crippen molar-refractivity contribution in [1.82, 2.24) is 19.7 Å². The van der Waals surface area contributed by atoms with E-state index in [9.17, 15) is 0 Å². The second kappa shape index (κ2) is 4.25. The van der Waals surface area contributed by atoms with E-state index in [2.05, 4.69) is 21.1 Å². The maximum Gasteiger partial charge on any atom is 0.110 e. The van der Waals surface area contributed by atoms with Gasteiger partial charge in [0.2, 0.25) is 0 Å². The number of hydrogen-bond donors (Lipinski definition) is 0. The molecule has 0 bridgehead atoms. The molecule has 13 heavy (non-hydrogen) atoms. The molecule has 0 spiro atoms. The fourth-order valence-electron chi connectivity index (χ4n) is 0.942. The Morgan fingerprint density at radius 1 is 1.46 bits per heavy atom. The zero-order chi connectivity index (χ0) is 8.39. The quantitative estimate of drug-likeness (QED) is 0.710. The standard InChI is InChI=1S/C8H7N4.Ir/c1-12-5-3-8(11-12)7-2-4-9-6-10-7;/h3-6H,1H3;/q-1;. The van der Waals surface area contributed by atoms with Gasteiger partial charge in [0.15, 0.2) is 0 Å². The summed E-state index contributed by atoms with van der Waals surface area (Å²) in [6.45, 7) is 0. The molecule has 1 radical (unpaired) electrons. The van der Waals surface area contributed by atoms with Crippen molar-refractivity contribution in [2.24, 2.45) is 7.05 Å². The van der Waals surface area contributed by atoms with Crippen LogP contribution in [0.4, 0.5) is 0 Å². The van der Waals surface area contributed by atoms with Crippen LogP contribution in [0.3, 0.4) is 0 Å². The summed E-state index contributed by atoms with van der Waals surface area (Å²) in [5.74, 6) is 0. The van der Waals surface area contributed by atoms with Crippen molar-refractivity contribution in [3.63, 3.8) is 0 Å². The van der Waals surface area contributed by atoms with Gasteiger partial charge in [-0.05, 0) is 5.69 Å². The van der Waals surface area contributed by atoms with Gasteiger partial charge in [0.1, 0.15) is 6.33 Å². The number of aryl methyl sites for hydroxylation is 1. The van der Waals surface area contributed by atoms with Gasteiger partial charge in [0, 0.05) is 33.3 Å². The third-order valence-corrected chi connectivity index (χ3v) is 1.49. The monoisotopic (exact) mass is 352 g/mol. The first-order valence-corrected chi connectivity index (χ1v) is 3.54. The first-order valence-electron chi connectivity index (χ1n) is 3.54. The average Bonchev–Trinajstić information content (AvgIpc) is 2.54. The number of aromatic nitrogens is 4. The minimum Gasteiger partial charge on any atom is -0.294 e. The molecule has 0 aliphatic rings. The summed E-state index contributed by atoms with van der Waals surface area (Å²) >= 11 is 0. The zero-order valence-corrected chi connectivity index (χ0v) is 9.33. The molecule has 0 atom stereocenters. The number of rotatable bonds is 1. The smallest absolute Gasteiger partial charge is 0.110 e. The van der Waals surface area contributed by atoms with Crippen molar-refractivity contribution in [3.8, 4) is 11.4 Å². The Balaban J connectivity index is 0.000000845. The molecule has 2 rings (SSSR count). The van der Waals surface area contributed by atoms with Crippen molar-refractivity contribution >= 4 is 0 Å². The van der Waals surface area contributed by atoms with E-state index in [1.54, 1.807) is 10.9 Å². The Morgan fingerprint density at radius 3 is 2.85 bits per heavy atom. The molecule has 0 unspecified atom stereocenters. The van der Waals surface area contributed by atoms with E-state index in [0.717, 1.165) is 11.4 Å². The molecule has 2 heterocycles. The SMILES string of the molecule is Cn1ccc(-c2[c-]cncn2)n1.[Ir]. The molecule has 0 amide bonds. The van der Waals surface area contributed by atoms with Gasteiger partial charge < -0.3 is 0 Å². The average molecular weight is 351 g/mol. The molecule has 0 aliphatic carbocycles. The third kappa shape index (κ3) is 2.20. The van der Waals surface area contributed by atoms with Crippen LogP contribution in [0.15, 0.2) is 24.8 Å². The van der Waals surface area contributed by atoms with Gasteiger partial charge in [0.05, 0.1) is 0 Å². The van der Waals surface area contributed by atoms with Gasteiger partial charge in [-0.25, -0.2) is 6.07 Å². The summed E-state index contributed by atoms with van der Waals surface area (Å²) in [6.07, 6.45) is 4.93. The molecule has 5 heteroatoms. The molecular formula is C8H7IrN4-. The zero-order valence-electron chi connectivity index (χ0n) is 6.93. The fraction of sp³-hybridized carbons (Fsp3) is 0.125. The molecule has 0 fully saturated rings. The maximum atomic E-state index is 4.18. The summed E-state index contributed by atoms with van der Waals surface area (Å²) in [6, 6.07) is 4.79. The van der Waals surface area contributed by atoms with Crippen LogP contribution < -0.4 is 0 Å². The topological polar surface area (TPSA) is 43.6 Å². The van der Waals surface area contributed by atoms with Crippen LogP contribution in [0.2, 0.25) is 0 Å². The van der Waals surface area contributed by atoms with Crippen LogP contribution in [0.1, 0.15) is 0 Å². The van der Waals surface area contributed by atoms with E-state index in [-0.39, 0.29) is 20.1 Å². The van der Waals surface area contributed by atoms with Crippen molar-refractivity contribution in [3.05, 3.63) is 30.9 Å². The Morgan fingerprint density at radius 2 is 2.31 bits per heavy atom. The summed E-state index contributed by atoms with van der Waals surface area (Å²) in [5, 5.41) is 4.18. The molecule has 4 nitrogen and oxygen atoms in total. The minimum atomic E-state index is 0. The molecule has 0 aromatic carbocycles. The first-order chi connectivity index (χ1) is 5.86. The molecule has 0 N–H and O–H groups in total. The van der Waals surface area contributed by atoms with Crippen molar-refractivity contribution < 1.29 is 20.1 Å². The largest absolute Gasteiger partial charge is 0.294 e. The van der Waals surface area contributed by atoms with Gasteiger partial charge in [0.25, 0.3) is 0 Å². The fourth-order valence-corrected chi connectivity index (χ4v) is 0.942. The van der Waals surface area contributed by atoms with E-state index in [4.69, 9.17) is 0 Å². The second-order valence-electron chi connectivity index (χ2n) is 2.39. The van der Waals surface area contributed by atoms with Crippen molar-refractivity contribution in [2.45, 2.75) is 0 Å². The normalized spacial score (nSPS) is 9.31. The predicted octanol–water partition coefficient (Wildman–Crippen LogP) is 0.675. The van der Waals surface area contributed by atoms with Crippen molar-refractivity contribution in [2.75, 3.05) is 0 Å². The molecule has 0 saturated heterocycles. The van der Waals surface area contributed by atoms with E-state index in [0.29, 0.717) is 0 Å². The molecular weight excluding hydrogens is 344 g/mol. The minimum absolute atomic E-state index is 0. The maximum absolute atomic E-state index is 4.18. The number of hydrogen-bond acceptors (Lipinski definition) is 3. The van der Waals surface area contributed by atoms with Crippen LogP contribution in [-0.2, 0) is 27.2 Å². The van der Waals surface area contributed by atoms with Crippen LogP contribution in [-0.4, -0.2) is 19.7 Å². The molecule has 2 aromatic heterocycles. The van der Waals surface area contributed by atoms with Gasteiger partial charge in [-0.3, -0.25) is 19.7 Å². The summed E-state index contributed by atoms with van der Waals surface area (Å²) in [7, 11) is 1.87. The molecule has 69 valence electrons. The van der Waals surface area contributed by atoms with E-state index >= 15 is 0 Å².